The molecule has 0 fully saturated rings. The lowest BCUT2D eigenvalue weighted by Gasteiger charge is -2.25. The van der Waals surface area contributed by atoms with Gasteiger partial charge < -0.3 is 16.4 Å². The summed E-state index contributed by atoms with van der Waals surface area (Å²) in [6.45, 7) is 5.19. The number of carbonyl (C=O) groups is 1. The van der Waals surface area contributed by atoms with Crippen LogP contribution in [0.3, 0.4) is 0 Å². The first kappa shape index (κ1) is 13.4. The number of amides is 1. The van der Waals surface area contributed by atoms with E-state index in [1.54, 1.807) is 0 Å². The summed E-state index contributed by atoms with van der Waals surface area (Å²) in [7, 11) is 0. The van der Waals surface area contributed by atoms with Gasteiger partial charge in [-0.25, -0.2) is 0 Å². The summed E-state index contributed by atoms with van der Waals surface area (Å²) in [5, 5.41) is 0. The van der Waals surface area contributed by atoms with Gasteiger partial charge in [0.15, 0.2) is 0 Å². The lowest BCUT2D eigenvalue weighted by Crippen LogP contribution is -2.35. The fourth-order valence-corrected chi connectivity index (χ4v) is 1.79. The van der Waals surface area contributed by atoms with Gasteiger partial charge in [0, 0.05) is 17.9 Å². The molecule has 1 aromatic rings. The molecule has 0 spiro atoms. The molecule has 0 aliphatic heterocycles. The van der Waals surface area contributed by atoms with Gasteiger partial charge in [0.25, 0.3) is 0 Å². The number of anilines is 2. The molecule has 0 saturated carbocycles. The topological polar surface area (TPSA) is 72.3 Å². The van der Waals surface area contributed by atoms with Crippen molar-refractivity contribution in [3.8, 4) is 0 Å². The summed E-state index contributed by atoms with van der Waals surface area (Å²) >= 11 is 0. The predicted octanol–water partition coefficient (Wildman–Crippen LogP) is 1.67. The second-order valence-corrected chi connectivity index (χ2v) is 4.29. The van der Waals surface area contributed by atoms with E-state index in [9.17, 15) is 4.79 Å². The van der Waals surface area contributed by atoms with Crippen molar-refractivity contribution in [1.29, 1.82) is 0 Å². The van der Waals surface area contributed by atoms with Crippen LogP contribution in [0, 0.1) is 6.92 Å². The van der Waals surface area contributed by atoms with Crippen molar-refractivity contribution in [2.24, 2.45) is 5.73 Å². The third-order valence-electron chi connectivity index (χ3n) is 2.70. The molecule has 17 heavy (non-hydrogen) atoms. The van der Waals surface area contributed by atoms with Crippen LogP contribution in [0.2, 0.25) is 0 Å². The molecule has 0 radical (unpaired) electrons. The fraction of sp³-hybridized carbons (Fsp3) is 0.462. The van der Waals surface area contributed by atoms with E-state index in [4.69, 9.17) is 11.5 Å². The van der Waals surface area contributed by atoms with E-state index in [1.807, 2.05) is 30.0 Å². The number of unbranched alkanes of at least 4 members (excludes halogenated alkanes) is 1. The molecule has 0 aliphatic rings. The number of hydrogen-bond donors (Lipinski definition) is 2. The Morgan fingerprint density at radius 1 is 1.41 bits per heavy atom. The van der Waals surface area contributed by atoms with Gasteiger partial charge in [0.05, 0.1) is 6.54 Å². The lowest BCUT2D eigenvalue weighted by atomic mass is 10.1. The molecular formula is C13H21N3O. The van der Waals surface area contributed by atoms with Crippen LogP contribution in [0.15, 0.2) is 18.2 Å². The highest BCUT2D eigenvalue weighted by Gasteiger charge is 2.11. The molecule has 0 saturated heterocycles. The zero-order valence-corrected chi connectivity index (χ0v) is 10.6. The van der Waals surface area contributed by atoms with Crippen molar-refractivity contribution >= 4 is 17.3 Å². The van der Waals surface area contributed by atoms with Crippen molar-refractivity contribution in [2.45, 2.75) is 26.7 Å². The van der Waals surface area contributed by atoms with Crippen LogP contribution in [0.4, 0.5) is 11.4 Å². The van der Waals surface area contributed by atoms with Crippen LogP contribution in [0.1, 0.15) is 25.3 Å². The van der Waals surface area contributed by atoms with Crippen LogP contribution in [-0.4, -0.2) is 19.0 Å². The maximum Gasteiger partial charge on any atom is 0.236 e. The van der Waals surface area contributed by atoms with Crippen LogP contribution in [0.5, 0.6) is 0 Å². The second kappa shape index (κ2) is 6.13. The summed E-state index contributed by atoms with van der Waals surface area (Å²) in [5.41, 5.74) is 13.9. The van der Waals surface area contributed by atoms with Gasteiger partial charge in [0.1, 0.15) is 0 Å². The number of nitrogens with two attached hydrogens (primary N) is 2. The number of nitrogens with zero attached hydrogens (tertiary/aromatic N) is 1. The molecule has 0 aliphatic carbocycles. The Hall–Kier alpha value is -1.71. The monoisotopic (exact) mass is 235 g/mol. The van der Waals surface area contributed by atoms with Gasteiger partial charge in [-0.3, -0.25) is 4.79 Å². The molecule has 1 rings (SSSR count). The van der Waals surface area contributed by atoms with Gasteiger partial charge in [-0.1, -0.05) is 19.4 Å². The summed E-state index contributed by atoms with van der Waals surface area (Å²) in [5.74, 6) is -0.317. The van der Waals surface area contributed by atoms with E-state index in [1.165, 1.54) is 0 Å². The average molecular weight is 235 g/mol. The Morgan fingerprint density at radius 3 is 2.71 bits per heavy atom. The van der Waals surface area contributed by atoms with Gasteiger partial charge in [-0.15, -0.1) is 0 Å². The van der Waals surface area contributed by atoms with E-state index < -0.39 is 0 Å². The first-order chi connectivity index (χ1) is 8.04. The van der Waals surface area contributed by atoms with E-state index >= 15 is 0 Å². The number of rotatable bonds is 6. The first-order valence-corrected chi connectivity index (χ1v) is 5.94. The maximum atomic E-state index is 11.1. The van der Waals surface area contributed by atoms with Crippen LogP contribution >= 0.6 is 0 Å². The van der Waals surface area contributed by atoms with E-state index in [2.05, 4.69) is 6.92 Å². The maximum absolute atomic E-state index is 11.1. The molecule has 1 amide bonds. The zero-order valence-electron chi connectivity index (χ0n) is 10.6. The highest BCUT2D eigenvalue weighted by Crippen LogP contribution is 2.23. The number of primary amides is 1. The van der Waals surface area contributed by atoms with Crippen molar-refractivity contribution in [3.05, 3.63) is 23.8 Å². The predicted molar refractivity (Wildman–Crippen MR) is 71.9 cm³/mol. The highest BCUT2D eigenvalue weighted by molar-refractivity contribution is 5.80. The third-order valence-corrected chi connectivity index (χ3v) is 2.70. The number of aryl methyl sites for hydroxylation is 1. The van der Waals surface area contributed by atoms with Gasteiger partial charge in [-0.2, -0.15) is 0 Å². The zero-order chi connectivity index (χ0) is 12.8. The third kappa shape index (κ3) is 3.98. The molecule has 1 aromatic carbocycles. The van der Waals surface area contributed by atoms with Gasteiger partial charge in [-0.05, 0) is 31.0 Å². The minimum Gasteiger partial charge on any atom is -0.399 e. The lowest BCUT2D eigenvalue weighted by molar-refractivity contribution is -0.116. The Kier molecular flexibility index (Phi) is 4.82. The SMILES string of the molecule is CCCCN(CC(N)=O)c1cc(N)ccc1C. The minimum absolute atomic E-state index is 0.240. The number of hydrogen-bond acceptors (Lipinski definition) is 3. The minimum atomic E-state index is -0.317. The molecule has 94 valence electrons. The molecule has 0 atom stereocenters. The van der Waals surface area contributed by atoms with E-state index in [0.717, 1.165) is 30.6 Å². The van der Waals surface area contributed by atoms with Crippen LogP contribution < -0.4 is 16.4 Å². The van der Waals surface area contributed by atoms with Crippen LogP contribution in [0.25, 0.3) is 0 Å². The van der Waals surface area contributed by atoms with Crippen LogP contribution in [-0.2, 0) is 4.79 Å². The molecule has 0 heterocycles. The summed E-state index contributed by atoms with van der Waals surface area (Å²) < 4.78 is 0. The van der Waals surface area contributed by atoms with E-state index in [0.29, 0.717) is 5.69 Å². The summed E-state index contributed by atoms with van der Waals surface area (Å²) in [6.07, 6.45) is 2.11. The first-order valence-electron chi connectivity index (χ1n) is 5.94. The second-order valence-electron chi connectivity index (χ2n) is 4.29. The standard InChI is InChI=1S/C13H21N3O/c1-3-4-7-16(9-13(15)17)12-8-11(14)6-5-10(12)2/h5-6,8H,3-4,7,9,14H2,1-2H3,(H2,15,17). The fourth-order valence-electron chi connectivity index (χ4n) is 1.79. The molecule has 0 aromatic heterocycles. The van der Waals surface area contributed by atoms with Crippen molar-refractivity contribution in [2.75, 3.05) is 23.7 Å². The normalized spacial score (nSPS) is 10.2. The molecule has 4 N–H and O–H groups in total. The Bertz CT molecular complexity index is 390. The summed E-state index contributed by atoms with van der Waals surface area (Å²) in [6, 6.07) is 5.72. The molecule has 0 bridgehead atoms. The molecule has 4 nitrogen and oxygen atoms in total. The molecular weight excluding hydrogens is 214 g/mol. The Labute approximate surface area is 103 Å². The summed E-state index contributed by atoms with van der Waals surface area (Å²) in [4.78, 5) is 13.1. The van der Waals surface area contributed by atoms with Gasteiger partial charge in [0.2, 0.25) is 5.91 Å². The smallest absolute Gasteiger partial charge is 0.236 e. The molecule has 4 heteroatoms. The van der Waals surface area contributed by atoms with Crippen molar-refractivity contribution < 1.29 is 4.79 Å². The number of benzene rings is 1. The van der Waals surface area contributed by atoms with Crippen molar-refractivity contribution in [1.82, 2.24) is 0 Å². The quantitative estimate of drug-likeness (QED) is 0.737. The van der Waals surface area contributed by atoms with E-state index in [-0.39, 0.29) is 12.5 Å². The van der Waals surface area contributed by atoms with Crippen molar-refractivity contribution in [3.63, 3.8) is 0 Å². The number of carbonyl (C=O) groups excluding carboxylic acids is 1. The van der Waals surface area contributed by atoms with Gasteiger partial charge >= 0.3 is 0 Å². The Morgan fingerprint density at radius 2 is 2.12 bits per heavy atom. The average Bonchev–Trinajstić information content (AvgIpc) is 2.27. The largest absolute Gasteiger partial charge is 0.399 e. The Balaban J connectivity index is 2.93. The highest BCUT2D eigenvalue weighted by atomic mass is 16.1. The molecule has 0 unspecified atom stereocenters. The number of nitrogen functional groups attached to an aromatic ring is 1.